The van der Waals surface area contributed by atoms with E-state index in [0.29, 0.717) is 19.1 Å². The molecule has 2 aromatic carbocycles. The van der Waals surface area contributed by atoms with Crippen molar-refractivity contribution in [2.75, 3.05) is 12.4 Å². The van der Waals surface area contributed by atoms with Crippen molar-refractivity contribution in [3.8, 4) is 0 Å². The van der Waals surface area contributed by atoms with Crippen LogP contribution in [0.3, 0.4) is 0 Å². The van der Waals surface area contributed by atoms with Crippen LogP contribution in [0.15, 0.2) is 65.8 Å². The third-order valence-electron chi connectivity index (χ3n) is 3.74. The van der Waals surface area contributed by atoms with E-state index in [1.54, 1.807) is 13.3 Å². The van der Waals surface area contributed by atoms with Gasteiger partial charge in [0.05, 0.1) is 18.8 Å². The summed E-state index contributed by atoms with van der Waals surface area (Å²) in [5.74, 6) is 0.355. The molecule has 0 saturated carbocycles. The van der Waals surface area contributed by atoms with E-state index in [-0.39, 0.29) is 0 Å². The highest BCUT2D eigenvalue weighted by Crippen LogP contribution is 2.18. The number of anilines is 1. The average Bonchev–Trinajstić information content (AvgIpc) is 2.62. The summed E-state index contributed by atoms with van der Waals surface area (Å²) in [5, 5.41) is 5.38. The Morgan fingerprint density at radius 1 is 1.12 bits per heavy atom. The van der Waals surface area contributed by atoms with Crippen LogP contribution in [0.4, 0.5) is 5.69 Å². The Balaban J connectivity index is 1.77. The Bertz CT molecular complexity index is 855. The van der Waals surface area contributed by atoms with Crippen LogP contribution in [0.1, 0.15) is 11.3 Å². The lowest BCUT2D eigenvalue weighted by Gasteiger charge is -2.11. The molecule has 0 spiro atoms. The highest BCUT2D eigenvalue weighted by atomic mass is 16.5. The molecular formula is C19H20N4O. The van der Waals surface area contributed by atoms with Gasteiger partial charge in [-0.3, -0.25) is 4.98 Å². The van der Waals surface area contributed by atoms with Gasteiger partial charge in [0.1, 0.15) is 0 Å². The number of fused-ring (bicyclic) bond motifs is 1. The fourth-order valence-corrected chi connectivity index (χ4v) is 2.57. The van der Waals surface area contributed by atoms with E-state index in [1.807, 2.05) is 48.5 Å². The number of para-hydroxylation sites is 1. The van der Waals surface area contributed by atoms with Crippen LogP contribution in [0.25, 0.3) is 10.8 Å². The number of nitrogens with zero attached hydrogens (tertiary/aromatic N) is 2. The first-order valence-corrected chi connectivity index (χ1v) is 7.74. The van der Waals surface area contributed by atoms with Crippen molar-refractivity contribution in [2.45, 2.75) is 13.2 Å². The van der Waals surface area contributed by atoms with Gasteiger partial charge in [-0.2, -0.15) is 0 Å². The Kier molecular flexibility index (Phi) is 5.03. The van der Waals surface area contributed by atoms with E-state index >= 15 is 0 Å². The predicted octanol–water partition coefficient (Wildman–Crippen LogP) is 3.31. The molecular weight excluding hydrogens is 300 g/mol. The molecule has 5 nitrogen and oxygen atoms in total. The van der Waals surface area contributed by atoms with Crippen LogP contribution in [-0.4, -0.2) is 18.1 Å². The second kappa shape index (κ2) is 7.57. The smallest absolute Gasteiger partial charge is 0.193 e. The molecule has 122 valence electrons. The summed E-state index contributed by atoms with van der Waals surface area (Å²) in [6.45, 7) is 0.938. The van der Waals surface area contributed by atoms with E-state index in [4.69, 9.17) is 10.5 Å². The Morgan fingerprint density at radius 2 is 1.92 bits per heavy atom. The molecule has 0 fully saturated rings. The minimum absolute atomic E-state index is 0.355. The second-order valence-electron chi connectivity index (χ2n) is 5.40. The van der Waals surface area contributed by atoms with Crippen molar-refractivity contribution >= 4 is 22.4 Å². The standard InChI is InChI=1S/C19H20N4O/c1-24-13-15-7-3-5-9-17(15)23-19(20)22-12-18-16-8-4-2-6-14(16)10-11-21-18/h2-11H,12-13H2,1H3,(H3,20,22,23). The van der Waals surface area contributed by atoms with Crippen molar-refractivity contribution in [3.63, 3.8) is 0 Å². The van der Waals surface area contributed by atoms with Crippen molar-refractivity contribution in [3.05, 3.63) is 72.1 Å². The summed E-state index contributed by atoms with van der Waals surface area (Å²) in [7, 11) is 1.67. The van der Waals surface area contributed by atoms with Gasteiger partial charge in [0, 0.05) is 29.9 Å². The molecule has 0 aliphatic heterocycles. The molecule has 3 N–H and O–H groups in total. The minimum Gasteiger partial charge on any atom is -0.380 e. The summed E-state index contributed by atoms with van der Waals surface area (Å²) in [6, 6.07) is 18.0. The summed E-state index contributed by atoms with van der Waals surface area (Å²) in [5.41, 5.74) is 8.86. The molecule has 0 unspecified atom stereocenters. The van der Waals surface area contributed by atoms with Gasteiger partial charge in [-0.15, -0.1) is 0 Å². The molecule has 0 atom stereocenters. The van der Waals surface area contributed by atoms with E-state index in [2.05, 4.69) is 21.4 Å². The monoisotopic (exact) mass is 320 g/mol. The van der Waals surface area contributed by atoms with Gasteiger partial charge in [-0.25, -0.2) is 4.99 Å². The van der Waals surface area contributed by atoms with Gasteiger partial charge >= 0.3 is 0 Å². The maximum absolute atomic E-state index is 6.03. The lowest BCUT2D eigenvalue weighted by Crippen LogP contribution is -2.23. The fraction of sp³-hybridized carbons (Fsp3) is 0.158. The highest BCUT2D eigenvalue weighted by Gasteiger charge is 2.04. The summed E-state index contributed by atoms with van der Waals surface area (Å²) in [6.07, 6.45) is 1.80. The van der Waals surface area contributed by atoms with Gasteiger partial charge in [0.2, 0.25) is 0 Å². The molecule has 0 amide bonds. The number of methoxy groups -OCH3 is 1. The molecule has 24 heavy (non-hydrogen) atoms. The molecule has 1 heterocycles. The minimum atomic E-state index is 0.355. The third kappa shape index (κ3) is 3.70. The van der Waals surface area contributed by atoms with E-state index < -0.39 is 0 Å². The van der Waals surface area contributed by atoms with Crippen molar-refractivity contribution in [2.24, 2.45) is 10.7 Å². The first kappa shape index (κ1) is 16.0. The molecule has 0 aliphatic rings. The number of nitrogens with one attached hydrogen (secondary N) is 1. The van der Waals surface area contributed by atoms with Crippen molar-refractivity contribution < 1.29 is 4.74 Å². The lowest BCUT2D eigenvalue weighted by atomic mass is 10.1. The van der Waals surface area contributed by atoms with Crippen LogP contribution >= 0.6 is 0 Å². The second-order valence-corrected chi connectivity index (χ2v) is 5.40. The number of rotatable bonds is 5. The quantitative estimate of drug-likeness (QED) is 0.559. The first-order chi connectivity index (χ1) is 11.8. The Labute approximate surface area is 141 Å². The van der Waals surface area contributed by atoms with Crippen LogP contribution < -0.4 is 11.1 Å². The number of benzene rings is 2. The van der Waals surface area contributed by atoms with Crippen LogP contribution in [0.5, 0.6) is 0 Å². The van der Waals surface area contributed by atoms with Gasteiger partial charge in [0.25, 0.3) is 0 Å². The van der Waals surface area contributed by atoms with Crippen molar-refractivity contribution in [1.82, 2.24) is 4.98 Å². The molecule has 0 radical (unpaired) electrons. The summed E-state index contributed by atoms with van der Waals surface area (Å²) >= 11 is 0. The Morgan fingerprint density at radius 3 is 2.79 bits per heavy atom. The maximum Gasteiger partial charge on any atom is 0.193 e. The molecule has 5 heteroatoms. The molecule has 3 aromatic rings. The normalized spacial score (nSPS) is 11.6. The first-order valence-electron chi connectivity index (χ1n) is 7.74. The number of nitrogens with two attached hydrogens (primary N) is 1. The Hall–Kier alpha value is -2.92. The predicted molar refractivity (Wildman–Crippen MR) is 97.8 cm³/mol. The van der Waals surface area contributed by atoms with Crippen LogP contribution in [0.2, 0.25) is 0 Å². The molecule has 0 bridgehead atoms. The van der Waals surface area contributed by atoms with E-state index in [9.17, 15) is 0 Å². The maximum atomic E-state index is 6.03. The summed E-state index contributed by atoms with van der Waals surface area (Å²) in [4.78, 5) is 8.84. The zero-order valence-corrected chi connectivity index (χ0v) is 13.6. The summed E-state index contributed by atoms with van der Waals surface area (Å²) < 4.78 is 5.20. The average molecular weight is 320 g/mol. The molecule has 3 rings (SSSR count). The van der Waals surface area contributed by atoms with E-state index in [0.717, 1.165) is 27.7 Å². The number of aliphatic imine (C=N–C) groups is 1. The van der Waals surface area contributed by atoms with Gasteiger partial charge in [-0.05, 0) is 17.5 Å². The van der Waals surface area contributed by atoms with Gasteiger partial charge in [0.15, 0.2) is 5.96 Å². The zero-order chi connectivity index (χ0) is 16.8. The van der Waals surface area contributed by atoms with Gasteiger partial charge < -0.3 is 15.8 Å². The molecule has 1 aromatic heterocycles. The number of aromatic nitrogens is 1. The lowest BCUT2D eigenvalue weighted by molar-refractivity contribution is 0.185. The largest absolute Gasteiger partial charge is 0.380 e. The zero-order valence-electron chi connectivity index (χ0n) is 13.6. The van der Waals surface area contributed by atoms with Gasteiger partial charge in [-0.1, -0.05) is 42.5 Å². The van der Waals surface area contributed by atoms with Crippen LogP contribution in [0, 0.1) is 0 Å². The number of hydrogen-bond donors (Lipinski definition) is 2. The number of ether oxygens (including phenoxy) is 1. The fourth-order valence-electron chi connectivity index (χ4n) is 2.57. The van der Waals surface area contributed by atoms with E-state index in [1.165, 1.54) is 0 Å². The topological polar surface area (TPSA) is 72.5 Å². The molecule has 0 saturated heterocycles. The van der Waals surface area contributed by atoms with Crippen molar-refractivity contribution in [1.29, 1.82) is 0 Å². The SMILES string of the molecule is COCc1ccccc1NC(N)=NCc1nccc2ccccc12. The number of pyridine rings is 1. The number of hydrogen-bond acceptors (Lipinski definition) is 3. The molecule has 0 aliphatic carbocycles. The van der Waals surface area contributed by atoms with Crippen LogP contribution in [-0.2, 0) is 17.9 Å². The highest BCUT2D eigenvalue weighted by molar-refractivity contribution is 5.93. The number of guanidine groups is 1. The third-order valence-corrected chi connectivity index (χ3v) is 3.74.